The van der Waals surface area contributed by atoms with E-state index in [-0.39, 0.29) is 0 Å². The molecule has 0 heterocycles. The molecule has 0 aromatic heterocycles. The molecule has 92 valence electrons. The summed E-state index contributed by atoms with van der Waals surface area (Å²) >= 11 is 0. The van der Waals surface area contributed by atoms with Crippen molar-refractivity contribution in [1.82, 2.24) is 0 Å². The molecule has 0 aliphatic carbocycles. The Kier molecular flexibility index (Phi) is 11.9. The molecule has 0 fully saturated rings. The summed E-state index contributed by atoms with van der Waals surface area (Å²) in [5.74, 6) is 0. The van der Waals surface area contributed by atoms with Crippen molar-refractivity contribution < 1.29 is 4.74 Å². The van der Waals surface area contributed by atoms with Crippen LogP contribution in [0.4, 0.5) is 0 Å². The number of unbranched alkanes of at least 4 members (excludes halogenated alkanes) is 5. The predicted octanol–water partition coefficient (Wildman–Crippen LogP) is 3.49. The van der Waals surface area contributed by atoms with Gasteiger partial charge in [0.25, 0.3) is 0 Å². The molecule has 1 atom stereocenters. The zero-order valence-electron chi connectivity index (χ0n) is 10.6. The van der Waals surface area contributed by atoms with Gasteiger partial charge >= 0.3 is 0 Å². The van der Waals surface area contributed by atoms with E-state index in [0.717, 1.165) is 26.1 Å². The van der Waals surface area contributed by atoms with E-state index in [9.17, 15) is 0 Å². The van der Waals surface area contributed by atoms with Crippen molar-refractivity contribution >= 4 is 0 Å². The van der Waals surface area contributed by atoms with Gasteiger partial charge in [-0.1, -0.05) is 39.0 Å². The van der Waals surface area contributed by atoms with E-state index in [4.69, 9.17) is 10.5 Å². The zero-order chi connectivity index (χ0) is 11.4. The van der Waals surface area contributed by atoms with Crippen molar-refractivity contribution in [3.8, 4) is 0 Å². The second kappa shape index (κ2) is 12.0. The maximum Gasteiger partial charge on any atom is 0.0466 e. The van der Waals surface area contributed by atoms with Crippen molar-refractivity contribution in [2.75, 3.05) is 13.2 Å². The van der Waals surface area contributed by atoms with Gasteiger partial charge in [-0.15, -0.1) is 0 Å². The van der Waals surface area contributed by atoms with Gasteiger partial charge in [-0.3, -0.25) is 0 Å². The van der Waals surface area contributed by atoms with Crippen LogP contribution in [0.5, 0.6) is 0 Å². The van der Waals surface area contributed by atoms with Crippen LogP contribution in [0.25, 0.3) is 0 Å². The minimum absolute atomic E-state index is 0.322. The van der Waals surface area contributed by atoms with Crippen LogP contribution in [0, 0.1) is 0 Å². The zero-order valence-corrected chi connectivity index (χ0v) is 10.6. The lowest BCUT2D eigenvalue weighted by Gasteiger charge is -2.06. The predicted molar refractivity (Wildman–Crippen MR) is 67.1 cm³/mol. The lowest BCUT2D eigenvalue weighted by Crippen LogP contribution is -2.15. The second-order valence-corrected chi connectivity index (χ2v) is 4.50. The summed E-state index contributed by atoms with van der Waals surface area (Å²) in [7, 11) is 0. The molecular weight excluding hydrogens is 186 g/mol. The van der Waals surface area contributed by atoms with E-state index in [0.29, 0.717) is 6.04 Å². The quantitative estimate of drug-likeness (QED) is 0.535. The average Bonchev–Trinajstić information content (AvgIpc) is 2.20. The molecule has 2 N–H and O–H groups in total. The van der Waals surface area contributed by atoms with Crippen LogP contribution < -0.4 is 5.73 Å². The van der Waals surface area contributed by atoms with Gasteiger partial charge < -0.3 is 10.5 Å². The molecule has 0 aromatic rings. The van der Waals surface area contributed by atoms with Crippen LogP contribution in [-0.4, -0.2) is 19.3 Å². The summed E-state index contributed by atoms with van der Waals surface area (Å²) < 4.78 is 5.54. The lowest BCUT2D eigenvalue weighted by atomic mass is 10.1. The molecule has 1 unspecified atom stereocenters. The fraction of sp³-hybridized carbons (Fsp3) is 1.00. The van der Waals surface area contributed by atoms with Gasteiger partial charge in [0, 0.05) is 19.3 Å². The second-order valence-electron chi connectivity index (χ2n) is 4.50. The third kappa shape index (κ3) is 13.9. The monoisotopic (exact) mass is 215 g/mol. The van der Waals surface area contributed by atoms with E-state index in [1.54, 1.807) is 0 Å². The maximum absolute atomic E-state index is 5.65. The highest BCUT2D eigenvalue weighted by Gasteiger charge is 1.94. The van der Waals surface area contributed by atoms with Crippen molar-refractivity contribution in [3.05, 3.63) is 0 Å². The van der Waals surface area contributed by atoms with Crippen LogP contribution in [0.3, 0.4) is 0 Å². The summed E-state index contributed by atoms with van der Waals surface area (Å²) in [4.78, 5) is 0. The summed E-state index contributed by atoms with van der Waals surface area (Å²) in [5, 5.41) is 0. The topological polar surface area (TPSA) is 35.2 Å². The van der Waals surface area contributed by atoms with E-state index in [1.807, 2.05) is 6.92 Å². The first-order valence-corrected chi connectivity index (χ1v) is 6.60. The summed E-state index contributed by atoms with van der Waals surface area (Å²) in [6.45, 7) is 6.12. The summed E-state index contributed by atoms with van der Waals surface area (Å²) in [6.07, 6.45) is 10.2. The van der Waals surface area contributed by atoms with E-state index in [1.165, 1.54) is 38.5 Å². The Morgan fingerprint density at radius 3 is 2.20 bits per heavy atom. The first-order chi connectivity index (χ1) is 7.27. The molecule has 0 amide bonds. The van der Waals surface area contributed by atoms with Gasteiger partial charge in [0.05, 0.1) is 0 Å². The SMILES string of the molecule is CCCCCCCCOCCCC(C)N. The Bertz CT molecular complexity index is 115. The smallest absolute Gasteiger partial charge is 0.0466 e. The first kappa shape index (κ1) is 14.9. The molecule has 0 aromatic carbocycles. The van der Waals surface area contributed by atoms with Gasteiger partial charge in [-0.05, 0) is 26.2 Å². The van der Waals surface area contributed by atoms with E-state index in [2.05, 4.69) is 6.92 Å². The van der Waals surface area contributed by atoms with Gasteiger partial charge in [-0.25, -0.2) is 0 Å². The minimum atomic E-state index is 0.322. The summed E-state index contributed by atoms with van der Waals surface area (Å²) in [6, 6.07) is 0.322. The van der Waals surface area contributed by atoms with Crippen LogP contribution in [-0.2, 0) is 4.74 Å². The highest BCUT2D eigenvalue weighted by Crippen LogP contribution is 2.05. The lowest BCUT2D eigenvalue weighted by molar-refractivity contribution is 0.125. The number of hydrogen-bond acceptors (Lipinski definition) is 2. The van der Waals surface area contributed by atoms with Crippen molar-refractivity contribution in [3.63, 3.8) is 0 Å². The number of nitrogens with two attached hydrogens (primary N) is 1. The molecule has 0 rings (SSSR count). The third-order valence-electron chi connectivity index (χ3n) is 2.59. The Morgan fingerprint density at radius 1 is 0.933 bits per heavy atom. The Balaban J connectivity index is 2.87. The largest absolute Gasteiger partial charge is 0.381 e. The van der Waals surface area contributed by atoms with E-state index < -0.39 is 0 Å². The van der Waals surface area contributed by atoms with Crippen molar-refractivity contribution in [2.24, 2.45) is 5.73 Å². The highest BCUT2D eigenvalue weighted by molar-refractivity contribution is 4.51. The fourth-order valence-electron chi connectivity index (χ4n) is 1.59. The van der Waals surface area contributed by atoms with Crippen molar-refractivity contribution in [1.29, 1.82) is 0 Å². The van der Waals surface area contributed by atoms with Gasteiger partial charge in [0.1, 0.15) is 0 Å². The molecule has 0 aliphatic heterocycles. The van der Waals surface area contributed by atoms with Crippen LogP contribution in [0.2, 0.25) is 0 Å². The standard InChI is InChI=1S/C13H29NO/c1-3-4-5-6-7-8-11-15-12-9-10-13(2)14/h13H,3-12,14H2,1-2H3. The number of ether oxygens (including phenoxy) is 1. The fourth-order valence-corrected chi connectivity index (χ4v) is 1.59. The van der Waals surface area contributed by atoms with Gasteiger partial charge in [0.2, 0.25) is 0 Å². The minimum Gasteiger partial charge on any atom is -0.381 e. The molecule has 0 saturated heterocycles. The molecule has 0 bridgehead atoms. The van der Waals surface area contributed by atoms with Crippen LogP contribution in [0.1, 0.15) is 65.2 Å². The molecule has 15 heavy (non-hydrogen) atoms. The molecule has 0 spiro atoms. The third-order valence-corrected chi connectivity index (χ3v) is 2.59. The highest BCUT2D eigenvalue weighted by atomic mass is 16.5. The maximum atomic E-state index is 5.65. The van der Waals surface area contributed by atoms with Crippen molar-refractivity contribution in [2.45, 2.75) is 71.3 Å². The molecule has 0 saturated carbocycles. The molecule has 2 heteroatoms. The van der Waals surface area contributed by atoms with Crippen LogP contribution >= 0.6 is 0 Å². The molecule has 0 radical (unpaired) electrons. The average molecular weight is 215 g/mol. The van der Waals surface area contributed by atoms with E-state index >= 15 is 0 Å². The molecular formula is C13H29NO. The normalized spacial score (nSPS) is 13.0. The van der Waals surface area contributed by atoms with Crippen LogP contribution in [0.15, 0.2) is 0 Å². The first-order valence-electron chi connectivity index (χ1n) is 6.60. The number of rotatable bonds is 11. The molecule has 0 aliphatic rings. The van der Waals surface area contributed by atoms with Gasteiger partial charge in [0.15, 0.2) is 0 Å². The Hall–Kier alpha value is -0.0800. The summed E-state index contributed by atoms with van der Waals surface area (Å²) in [5.41, 5.74) is 5.65. The Morgan fingerprint density at radius 2 is 1.53 bits per heavy atom. The number of hydrogen-bond donors (Lipinski definition) is 1. The van der Waals surface area contributed by atoms with Gasteiger partial charge in [-0.2, -0.15) is 0 Å². The Labute approximate surface area is 95.6 Å². The molecule has 2 nitrogen and oxygen atoms in total.